The predicted octanol–water partition coefficient (Wildman–Crippen LogP) is 9.48. The molecule has 3 heteroatoms. The van der Waals surface area contributed by atoms with Crippen molar-refractivity contribution in [3.05, 3.63) is 143 Å². The third-order valence-electron chi connectivity index (χ3n) is 7.81. The summed E-state index contributed by atoms with van der Waals surface area (Å²) in [6.07, 6.45) is 3.71. The fraction of sp³-hybridized carbons (Fsp3) is 0.158. The molecule has 0 atom stereocenters. The largest absolute Gasteiger partial charge is 0.305 e. The molecular weight excluding hydrogens is 677 g/mol. The normalized spacial score (nSPS) is 12.5. The maximum absolute atomic E-state index is 4.55. The number of nitrogens with zero attached hydrogens (tertiary/aromatic N) is 2. The fourth-order valence-electron chi connectivity index (χ4n) is 5.78. The van der Waals surface area contributed by atoms with Gasteiger partial charge in [0.2, 0.25) is 0 Å². The predicted molar refractivity (Wildman–Crippen MR) is 166 cm³/mol. The average molecular weight is 709 g/mol. The minimum Gasteiger partial charge on any atom is -0.305 e. The van der Waals surface area contributed by atoms with Gasteiger partial charge in [-0.2, -0.15) is 0 Å². The molecular formula is C38H32IrN2-2. The van der Waals surface area contributed by atoms with E-state index in [-0.39, 0.29) is 25.5 Å². The molecule has 1 radical (unpaired) electrons. The van der Waals surface area contributed by atoms with E-state index in [0.29, 0.717) is 0 Å². The molecule has 0 spiro atoms. The Labute approximate surface area is 256 Å². The first-order valence-corrected chi connectivity index (χ1v) is 13.7. The van der Waals surface area contributed by atoms with E-state index in [0.717, 1.165) is 22.5 Å². The molecule has 4 aromatic carbocycles. The maximum atomic E-state index is 4.55. The second-order valence-corrected chi connectivity index (χ2v) is 11.2. The van der Waals surface area contributed by atoms with E-state index in [9.17, 15) is 0 Å². The first kappa shape index (κ1) is 28.6. The first-order valence-electron chi connectivity index (χ1n) is 13.7. The van der Waals surface area contributed by atoms with E-state index < -0.39 is 0 Å². The Bertz CT molecular complexity index is 1830. The molecule has 7 rings (SSSR count). The summed E-state index contributed by atoms with van der Waals surface area (Å²) in [6, 6.07) is 38.6. The Morgan fingerprint density at radius 1 is 0.634 bits per heavy atom. The average Bonchev–Trinajstić information content (AvgIpc) is 3.20. The second kappa shape index (κ2) is 11.5. The van der Waals surface area contributed by atoms with E-state index in [1.807, 2.05) is 36.7 Å². The Hall–Kier alpha value is -3.91. The van der Waals surface area contributed by atoms with Crippen LogP contribution in [-0.2, 0) is 25.5 Å². The van der Waals surface area contributed by atoms with Gasteiger partial charge in [-0.25, -0.2) is 0 Å². The Morgan fingerprint density at radius 3 is 1.93 bits per heavy atom. The van der Waals surface area contributed by atoms with Gasteiger partial charge >= 0.3 is 0 Å². The first-order chi connectivity index (χ1) is 19.3. The molecule has 205 valence electrons. The Balaban J connectivity index is 0.000000192. The maximum Gasteiger partial charge on any atom is 0.0163 e. The summed E-state index contributed by atoms with van der Waals surface area (Å²) >= 11 is 0. The van der Waals surface area contributed by atoms with Crippen molar-refractivity contribution in [1.29, 1.82) is 0 Å². The van der Waals surface area contributed by atoms with Gasteiger partial charge in [0.15, 0.2) is 0 Å². The van der Waals surface area contributed by atoms with E-state index >= 15 is 0 Å². The summed E-state index contributed by atoms with van der Waals surface area (Å²) in [6.45, 7) is 10.9. The second-order valence-electron chi connectivity index (χ2n) is 11.2. The van der Waals surface area contributed by atoms with Crippen LogP contribution in [0.4, 0.5) is 0 Å². The van der Waals surface area contributed by atoms with Gasteiger partial charge in [0.05, 0.1) is 0 Å². The molecule has 1 aliphatic carbocycles. The third-order valence-corrected chi connectivity index (χ3v) is 7.81. The van der Waals surface area contributed by atoms with Crippen LogP contribution in [0.15, 0.2) is 103 Å². The van der Waals surface area contributed by atoms with Crippen molar-refractivity contribution in [3.8, 4) is 33.6 Å². The molecule has 0 unspecified atom stereocenters. The summed E-state index contributed by atoms with van der Waals surface area (Å²) < 4.78 is 0. The van der Waals surface area contributed by atoms with Crippen LogP contribution >= 0.6 is 0 Å². The number of fused-ring (bicyclic) bond motifs is 5. The number of benzene rings is 4. The summed E-state index contributed by atoms with van der Waals surface area (Å²) in [7, 11) is 0. The molecule has 0 saturated carbocycles. The van der Waals surface area contributed by atoms with Crippen molar-refractivity contribution >= 4 is 10.8 Å². The van der Waals surface area contributed by atoms with Crippen LogP contribution in [0.2, 0.25) is 0 Å². The molecule has 0 aliphatic heterocycles. The molecule has 1 aliphatic rings. The van der Waals surface area contributed by atoms with Crippen LogP contribution in [0.3, 0.4) is 0 Å². The Kier molecular flexibility index (Phi) is 8.04. The summed E-state index contributed by atoms with van der Waals surface area (Å²) in [5.41, 5.74) is 13.2. The van der Waals surface area contributed by atoms with E-state index in [4.69, 9.17) is 0 Å². The number of hydrogen-bond acceptors (Lipinski definition) is 2. The van der Waals surface area contributed by atoms with Crippen LogP contribution in [0.5, 0.6) is 0 Å². The van der Waals surface area contributed by atoms with Gasteiger partial charge < -0.3 is 9.97 Å². The van der Waals surface area contributed by atoms with E-state index in [1.165, 1.54) is 49.7 Å². The van der Waals surface area contributed by atoms with Gasteiger partial charge in [-0.1, -0.05) is 91.6 Å². The van der Waals surface area contributed by atoms with Crippen LogP contribution in [0, 0.1) is 32.9 Å². The zero-order valence-electron chi connectivity index (χ0n) is 24.0. The van der Waals surface area contributed by atoms with E-state index in [1.54, 1.807) is 0 Å². The van der Waals surface area contributed by atoms with Gasteiger partial charge in [0.25, 0.3) is 0 Å². The van der Waals surface area contributed by atoms with Crippen LogP contribution in [0.25, 0.3) is 44.4 Å². The minimum absolute atomic E-state index is 0. The molecule has 0 saturated heterocycles. The molecule has 0 amide bonds. The standard InChI is InChI=1S/C25H20N.C13H12N.Ir/c1-16-12-13-26-23(14-16)18-9-10-20-21-11-8-17-6-4-5-7-19(17)24(21)25(2,3)22(20)15-18;1-10-4-3-5-12(8-10)13-9-11(2)6-7-14-13;/h4-8,10-15H,1-3H3;3-4,6-9H,1-2H3;/q2*-1;. The monoisotopic (exact) mass is 709 g/mol. The summed E-state index contributed by atoms with van der Waals surface area (Å²) in [4.78, 5) is 8.87. The van der Waals surface area contributed by atoms with Crippen molar-refractivity contribution in [2.45, 2.75) is 40.0 Å². The number of aryl methyl sites for hydroxylation is 3. The molecule has 0 bridgehead atoms. The number of rotatable bonds is 2. The number of pyridine rings is 2. The third kappa shape index (κ3) is 5.53. The molecule has 2 aromatic heterocycles. The molecule has 6 aromatic rings. The van der Waals surface area contributed by atoms with Gasteiger partial charge in [0.1, 0.15) is 0 Å². The van der Waals surface area contributed by atoms with Crippen LogP contribution in [-0.4, -0.2) is 9.97 Å². The number of hydrogen-bond donors (Lipinski definition) is 0. The SMILES string of the molecule is Cc1cc[c-]c(-c2cc(C)ccn2)c1.Cc1ccnc(-c2[c-]cc3c(c2)C(C)(C)c2c-3ccc3ccccc23)c1.[Ir]. The molecule has 41 heavy (non-hydrogen) atoms. The van der Waals surface area contributed by atoms with Crippen molar-refractivity contribution in [2.24, 2.45) is 0 Å². The van der Waals surface area contributed by atoms with Crippen LogP contribution in [0.1, 0.15) is 41.7 Å². The zero-order valence-corrected chi connectivity index (χ0v) is 26.4. The fourth-order valence-corrected chi connectivity index (χ4v) is 5.78. The number of aromatic nitrogens is 2. The minimum atomic E-state index is -0.0425. The zero-order chi connectivity index (χ0) is 27.9. The van der Waals surface area contributed by atoms with Crippen molar-refractivity contribution in [3.63, 3.8) is 0 Å². The topological polar surface area (TPSA) is 25.8 Å². The van der Waals surface area contributed by atoms with Crippen molar-refractivity contribution < 1.29 is 20.1 Å². The molecule has 0 fully saturated rings. The molecule has 2 heterocycles. The summed E-state index contributed by atoms with van der Waals surface area (Å²) in [5.74, 6) is 0. The van der Waals surface area contributed by atoms with Crippen molar-refractivity contribution in [2.75, 3.05) is 0 Å². The Morgan fingerprint density at radius 2 is 1.27 bits per heavy atom. The summed E-state index contributed by atoms with van der Waals surface area (Å²) in [5, 5.41) is 2.65. The van der Waals surface area contributed by atoms with Gasteiger partial charge in [-0.05, 0) is 59.1 Å². The van der Waals surface area contributed by atoms with Crippen molar-refractivity contribution in [1.82, 2.24) is 9.97 Å². The smallest absolute Gasteiger partial charge is 0.0163 e. The van der Waals surface area contributed by atoms with Gasteiger partial charge in [0, 0.05) is 32.5 Å². The van der Waals surface area contributed by atoms with E-state index in [2.05, 4.69) is 123 Å². The quantitative estimate of drug-likeness (QED) is 0.168. The molecule has 2 nitrogen and oxygen atoms in total. The van der Waals surface area contributed by atoms with Crippen LogP contribution < -0.4 is 0 Å². The van der Waals surface area contributed by atoms with Gasteiger partial charge in [-0.3, -0.25) is 0 Å². The van der Waals surface area contributed by atoms with Gasteiger partial charge in [-0.15, -0.1) is 64.7 Å². The molecule has 0 N–H and O–H groups in total.